The van der Waals surface area contributed by atoms with Gasteiger partial charge >= 0.3 is 0 Å². The predicted molar refractivity (Wildman–Crippen MR) is 108 cm³/mol. The summed E-state index contributed by atoms with van der Waals surface area (Å²) in [6, 6.07) is 14.0. The van der Waals surface area contributed by atoms with Crippen molar-refractivity contribution in [3.63, 3.8) is 0 Å². The van der Waals surface area contributed by atoms with E-state index in [0.29, 0.717) is 19.5 Å². The summed E-state index contributed by atoms with van der Waals surface area (Å²) < 4.78 is 13.9. The molecule has 6 heteroatoms. The van der Waals surface area contributed by atoms with Crippen molar-refractivity contribution in [2.24, 2.45) is 0 Å². The number of aryl methyl sites for hydroxylation is 1. The summed E-state index contributed by atoms with van der Waals surface area (Å²) in [4.78, 5) is 23.6. The zero-order valence-electron chi connectivity index (χ0n) is 15.1. The first-order chi connectivity index (χ1) is 13.0. The van der Waals surface area contributed by atoms with E-state index in [1.807, 2.05) is 12.1 Å². The molecule has 0 aliphatic carbocycles. The largest absolute Gasteiger partial charge is 0.354 e. The molecule has 0 atom stereocenters. The fraction of sp³-hybridized carbons (Fsp3) is 0.333. The summed E-state index contributed by atoms with van der Waals surface area (Å²) in [6.07, 6.45) is 3.44. The Morgan fingerprint density at radius 3 is 2.07 bits per heavy atom. The van der Waals surface area contributed by atoms with Crippen molar-refractivity contribution in [1.82, 2.24) is 10.6 Å². The number of rotatable bonds is 10. The summed E-state index contributed by atoms with van der Waals surface area (Å²) >= 11 is 3.41. The maximum Gasteiger partial charge on any atom is 0.224 e. The third-order valence-electron chi connectivity index (χ3n) is 4.08. The van der Waals surface area contributed by atoms with Gasteiger partial charge in [-0.3, -0.25) is 9.59 Å². The molecule has 0 aromatic heterocycles. The van der Waals surface area contributed by atoms with Gasteiger partial charge in [-0.15, -0.1) is 0 Å². The van der Waals surface area contributed by atoms with Gasteiger partial charge in [0.15, 0.2) is 0 Å². The number of halogens is 2. The van der Waals surface area contributed by atoms with Crippen LogP contribution in [0.5, 0.6) is 0 Å². The molecule has 0 heterocycles. The number of carbonyl (C=O) groups excluding carboxylic acids is 2. The Labute approximate surface area is 167 Å². The lowest BCUT2D eigenvalue weighted by molar-refractivity contribution is -0.122. The van der Waals surface area contributed by atoms with E-state index < -0.39 is 0 Å². The molecule has 0 saturated heterocycles. The number of hydrogen-bond donors (Lipinski definition) is 2. The minimum absolute atomic E-state index is 0.00131. The van der Waals surface area contributed by atoms with Crippen molar-refractivity contribution >= 4 is 27.7 Å². The van der Waals surface area contributed by atoms with Crippen LogP contribution in [0.25, 0.3) is 0 Å². The molecule has 4 nitrogen and oxygen atoms in total. The summed E-state index contributed by atoms with van der Waals surface area (Å²) in [7, 11) is 0. The highest BCUT2D eigenvalue weighted by molar-refractivity contribution is 9.10. The molecule has 2 amide bonds. The van der Waals surface area contributed by atoms with Gasteiger partial charge in [-0.2, -0.15) is 0 Å². The van der Waals surface area contributed by atoms with Gasteiger partial charge in [0, 0.05) is 24.0 Å². The molecule has 0 spiro atoms. The maximum absolute atomic E-state index is 12.8. The first-order valence-electron chi connectivity index (χ1n) is 9.05. The lowest BCUT2D eigenvalue weighted by Crippen LogP contribution is -2.35. The molecule has 0 radical (unpaired) electrons. The Morgan fingerprint density at radius 1 is 0.815 bits per heavy atom. The molecular formula is C21H24BrFN2O2. The first-order valence-corrected chi connectivity index (χ1v) is 9.84. The number of benzene rings is 2. The molecule has 0 aliphatic rings. The molecule has 2 aromatic rings. The molecule has 2 aromatic carbocycles. The second kappa shape index (κ2) is 11.5. The van der Waals surface area contributed by atoms with Crippen molar-refractivity contribution in [3.8, 4) is 0 Å². The van der Waals surface area contributed by atoms with Crippen LogP contribution in [-0.4, -0.2) is 24.9 Å². The highest BCUT2D eigenvalue weighted by Gasteiger charge is 2.04. The van der Waals surface area contributed by atoms with Crippen molar-refractivity contribution < 1.29 is 14.0 Å². The van der Waals surface area contributed by atoms with Crippen LogP contribution in [0.15, 0.2) is 53.0 Å². The van der Waals surface area contributed by atoms with Gasteiger partial charge in [0.2, 0.25) is 11.8 Å². The van der Waals surface area contributed by atoms with Crippen LogP contribution in [0, 0.1) is 5.82 Å². The Kier molecular flexibility index (Phi) is 8.98. The number of nitrogens with one attached hydrogen (secondary N) is 2. The molecule has 2 rings (SSSR count). The van der Waals surface area contributed by atoms with E-state index in [1.54, 1.807) is 12.1 Å². The third-order valence-corrected chi connectivity index (χ3v) is 4.61. The fourth-order valence-corrected chi connectivity index (χ4v) is 2.87. The molecule has 2 N–H and O–H groups in total. The zero-order valence-corrected chi connectivity index (χ0v) is 16.7. The van der Waals surface area contributed by atoms with Crippen LogP contribution in [0.2, 0.25) is 0 Å². The van der Waals surface area contributed by atoms with Crippen LogP contribution < -0.4 is 10.6 Å². The van der Waals surface area contributed by atoms with E-state index in [0.717, 1.165) is 29.3 Å². The Hall–Kier alpha value is -2.21. The van der Waals surface area contributed by atoms with E-state index >= 15 is 0 Å². The van der Waals surface area contributed by atoms with Gasteiger partial charge in [-0.05, 0) is 54.7 Å². The van der Waals surface area contributed by atoms with Gasteiger partial charge in [-0.25, -0.2) is 4.39 Å². The zero-order chi connectivity index (χ0) is 19.5. The lowest BCUT2D eigenvalue weighted by atomic mass is 10.1. The Bertz CT molecular complexity index is 733. The van der Waals surface area contributed by atoms with Crippen molar-refractivity contribution in [1.29, 1.82) is 0 Å². The van der Waals surface area contributed by atoms with E-state index in [-0.39, 0.29) is 24.1 Å². The SMILES string of the molecule is O=C(CCCCc1ccc(Br)cc1)NCCNC(=O)Cc1ccc(F)cc1. The van der Waals surface area contributed by atoms with E-state index in [2.05, 4.69) is 38.7 Å². The molecule has 0 aliphatic heterocycles. The normalized spacial score (nSPS) is 10.4. The minimum atomic E-state index is -0.321. The molecule has 0 unspecified atom stereocenters. The highest BCUT2D eigenvalue weighted by Crippen LogP contribution is 2.12. The van der Waals surface area contributed by atoms with Gasteiger partial charge in [0.1, 0.15) is 5.82 Å². The van der Waals surface area contributed by atoms with Crippen LogP contribution in [0.3, 0.4) is 0 Å². The first kappa shape index (κ1) is 21.1. The van der Waals surface area contributed by atoms with Crippen molar-refractivity contribution in [3.05, 3.63) is 69.9 Å². The van der Waals surface area contributed by atoms with E-state index in [9.17, 15) is 14.0 Å². The van der Waals surface area contributed by atoms with Gasteiger partial charge in [0.05, 0.1) is 6.42 Å². The smallest absolute Gasteiger partial charge is 0.224 e. The quantitative estimate of drug-likeness (QED) is 0.559. The van der Waals surface area contributed by atoms with Gasteiger partial charge in [-0.1, -0.05) is 40.2 Å². The fourth-order valence-electron chi connectivity index (χ4n) is 2.61. The Balaban J connectivity index is 1.50. The number of amides is 2. The average molecular weight is 435 g/mol. The van der Waals surface area contributed by atoms with Crippen LogP contribution >= 0.6 is 15.9 Å². The van der Waals surface area contributed by atoms with Crippen molar-refractivity contribution in [2.75, 3.05) is 13.1 Å². The molecule has 0 fully saturated rings. The lowest BCUT2D eigenvalue weighted by Gasteiger charge is -2.07. The summed E-state index contributed by atoms with van der Waals surface area (Å²) in [5, 5.41) is 5.55. The predicted octanol–water partition coefficient (Wildman–Crippen LogP) is 3.78. The van der Waals surface area contributed by atoms with Crippen LogP contribution in [0.1, 0.15) is 30.4 Å². The topological polar surface area (TPSA) is 58.2 Å². The van der Waals surface area contributed by atoms with Gasteiger partial charge in [0.25, 0.3) is 0 Å². The number of unbranched alkanes of at least 4 members (excludes halogenated alkanes) is 1. The summed E-state index contributed by atoms with van der Waals surface area (Å²) in [5.74, 6) is -0.470. The summed E-state index contributed by atoms with van der Waals surface area (Å²) in [5.41, 5.74) is 2.02. The molecule has 0 saturated carbocycles. The number of carbonyl (C=O) groups is 2. The third kappa shape index (κ3) is 8.82. The van der Waals surface area contributed by atoms with Crippen LogP contribution in [-0.2, 0) is 22.4 Å². The highest BCUT2D eigenvalue weighted by atomic mass is 79.9. The Morgan fingerprint density at radius 2 is 1.41 bits per heavy atom. The monoisotopic (exact) mass is 434 g/mol. The van der Waals surface area contributed by atoms with Gasteiger partial charge < -0.3 is 10.6 Å². The summed E-state index contributed by atoms with van der Waals surface area (Å²) in [6.45, 7) is 0.783. The van der Waals surface area contributed by atoms with Crippen molar-refractivity contribution in [2.45, 2.75) is 32.1 Å². The average Bonchev–Trinajstić information content (AvgIpc) is 2.66. The molecule has 27 heavy (non-hydrogen) atoms. The second-order valence-corrected chi connectivity index (χ2v) is 7.25. The molecule has 0 bridgehead atoms. The maximum atomic E-state index is 12.8. The standard InChI is InChI=1S/C21H24BrFN2O2/c22-18-9-5-16(6-10-18)3-1-2-4-20(26)24-13-14-25-21(27)15-17-7-11-19(23)12-8-17/h5-12H,1-4,13-15H2,(H,24,26)(H,25,27). The van der Waals surface area contributed by atoms with E-state index in [4.69, 9.17) is 0 Å². The van der Waals surface area contributed by atoms with Crippen LogP contribution in [0.4, 0.5) is 4.39 Å². The van der Waals surface area contributed by atoms with E-state index in [1.165, 1.54) is 17.7 Å². The number of hydrogen-bond acceptors (Lipinski definition) is 2. The molecular weight excluding hydrogens is 411 g/mol. The second-order valence-electron chi connectivity index (χ2n) is 6.34. The molecule has 144 valence electrons. The minimum Gasteiger partial charge on any atom is -0.354 e.